The molecule has 0 unspecified atom stereocenters. The molecule has 6 N–H and O–H groups in total. The van der Waals surface area contributed by atoms with Crippen LogP contribution in [0, 0.1) is 5.92 Å². The average Bonchev–Trinajstić information content (AvgIpc) is 3.82. The molecule has 7 rings (SSSR count). The number of nitrogens with one attached hydrogen (secondary N) is 4. The third-order valence-electron chi connectivity index (χ3n) is 11.9. The Morgan fingerprint density at radius 3 is 2.17 bits per heavy atom. The van der Waals surface area contributed by atoms with Crippen LogP contribution in [0.3, 0.4) is 0 Å². The van der Waals surface area contributed by atoms with E-state index >= 15 is 0 Å². The summed E-state index contributed by atoms with van der Waals surface area (Å²) >= 11 is 6.46. The number of carbonyl (C=O) groups is 3. The maximum absolute atomic E-state index is 13.3. The van der Waals surface area contributed by atoms with Gasteiger partial charge in [0, 0.05) is 73.1 Å². The number of fused-ring (bicyclic) bond motifs is 6. The van der Waals surface area contributed by atoms with Crippen LogP contribution in [0.25, 0.3) is 21.9 Å². The maximum Gasteiger partial charge on any atom is 0.414 e. The van der Waals surface area contributed by atoms with Crippen molar-refractivity contribution in [1.29, 1.82) is 0 Å². The molecule has 1 aliphatic carbocycles. The van der Waals surface area contributed by atoms with Crippen molar-refractivity contribution in [2.45, 2.75) is 83.6 Å². The smallest absolute Gasteiger partial charge is 0.414 e. The summed E-state index contributed by atoms with van der Waals surface area (Å²) in [5.74, 6) is 1.13. The Morgan fingerprint density at radius 2 is 1.53 bits per heavy atom. The summed E-state index contributed by atoms with van der Waals surface area (Å²) in [5.41, 5.74) is 13.1. The Morgan fingerprint density at radius 1 is 0.875 bits per heavy atom. The molecule has 5 aromatic carbocycles. The minimum absolute atomic E-state index is 0.00924. The van der Waals surface area contributed by atoms with Crippen LogP contribution in [-0.4, -0.2) is 74.6 Å². The van der Waals surface area contributed by atoms with Gasteiger partial charge in [0.1, 0.15) is 24.6 Å². The monoisotopic (exact) mass is 888 g/mol. The van der Waals surface area contributed by atoms with Crippen LogP contribution < -0.4 is 36.6 Å². The number of nitrogens with zero attached hydrogens (tertiary/aromatic N) is 1. The van der Waals surface area contributed by atoms with Gasteiger partial charge < -0.3 is 41.2 Å². The lowest BCUT2D eigenvalue weighted by Gasteiger charge is -2.27. The van der Waals surface area contributed by atoms with E-state index in [1.165, 1.54) is 22.3 Å². The molecule has 2 aliphatic rings. The summed E-state index contributed by atoms with van der Waals surface area (Å²) in [4.78, 5) is 39.7. The molecule has 13 heteroatoms. The van der Waals surface area contributed by atoms with E-state index < -0.39 is 23.8 Å². The summed E-state index contributed by atoms with van der Waals surface area (Å²) in [7, 11) is 0. The first-order valence-corrected chi connectivity index (χ1v) is 22.8. The number of nitrogens with two attached hydrogens (primary N) is 1. The van der Waals surface area contributed by atoms with Crippen molar-refractivity contribution in [3.8, 4) is 16.9 Å². The number of halogens is 1. The van der Waals surface area contributed by atoms with Crippen LogP contribution in [0.2, 0.25) is 0 Å². The van der Waals surface area contributed by atoms with Crippen LogP contribution in [0.1, 0.15) is 81.5 Å². The van der Waals surface area contributed by atoms with Crippen molar-refractivity contribution in [3.05, 3.63) is 125 Å². The normalized spacial score (nSPS) is 15.2. The average molecular weight is 890 g/mol. The number of hydrogen-bond donors (Lipinski definition) is 5. The molecule has 4 amide bonds. The number of anilines is 2. The van der Waals surface area contributed by atoms with E-state index in [-0.39, 0.29) is 36.4 Å². The van der Waals surface area contributed by atoms with Crippen LogP contribution in [-0.2, 0) is 16.1 Å². The number of ether oxygens (including phenoxy) is 3. The zero-order valence-corrected chi connectivity index (χ0v) is 38.2. The first kappa shape index (κ1) is 46.0. The number of hydrogen-bond acceptors (Lipinski definition) is 8. The molecule has 12 nitrogen and oxygen atoms in total. The van der Waals surface area contributed by atoms with Crippen molar-refractivity contribution in [1.82, 2.24) is 16.0 Å². The third-order valence-corrected chi connectivity index (χ3v) is 12.3. The van der Waals surface area contributed by atoms with Crippen LogP contribution >= 0.6 is 11.6 Å². The number of primary amides is 1. The molecule has 0 saturated carbocycles. The highest BCUT2D eigenvalue weighted by atomic mass is 35.5. The molecule has 1 aliphatic heterocycles. The second kappa shape index (κ2) is 20.7. The van der Waals surface area contributed by atoms with E-state index in [1.54, 1.807) is 4.90 Å². The zero-order chi connectivity index (χ0) is 45.4. The Labute approximate surface area is 381 Å². The van der Waals surface area contributed by atoms with Gasteiger partial charge in [-0.1, -0.05) is 98.8 Å². The van der Waals surface area contributed by atoms with E-state index in [2.05, 4.69) is 65.4 Å². The second-order valence-corrected chi connectivity index (χ2v) is 18.3. The van der Waals surface area contributed by atoms with Gasteiger partial charge >= 0.3 is 18.2 Å². The lowest BCUT2D eigenvalue weighted by molar-refractivity contribution is 0.0582. The fraction of sp³-hybridized carbons (Fsp3) is 0.392. The number of alkyl carbamates (subject to hydrolysis) is 1. The molecule has 5 aromatic rings. The minimum Gasteiger partial charge on any atom is -0.488 e. The van der Waals surface area contributed by atoms with Gasteiger partial charge in [-0.2, -0.15) is 0 Å². The number of alkyl halides is 1. The topological polar surface area (TPSA) is 156 Å². The highest BCUT2D eigenvalue weighted by molar-refractivity contribution is 6.19. The second-order valence-electron chi connectivity index (χ2n) is 18.0. The fourth-order valence-electron chi connectivity index (χ4n) is 8.64. The number of rotatable bonds is 18. The van der Waals surface area contributed by atoms with Crippen LogP contribution in [0.5, 0.6) is 5.75 Å². The van der Waals surface area contributed by atoms with E-state index in [1.807, 2.05) is 93.6 Å². The third kappa shape index (κ3) is 11.2. The molecule has 0 spiro atoms. The predicted octanol–water partition coefficient (Wildman–Crippen LogP) is 9.88. The molecule has 338 valence electrons. The molecule has 0 bridgehead atoms. The first-order valence-electron chi connectivity index (χ1n) is 22.3. The van der Waals surface area contributed by atoms with Crippen molar-refractivity contribution >= 4 is 52.0 Å². The Kier molecular flexibility index (Phi) is 14.9. The molecule has 3 atom stereocenters. The summed E-state index contributed by atoms with van der Waals surface area (Å²) in [6, 6.07) is 34.0. The molecular formula is C51H61ClN6O6. The van der Waals surface area contributed by atoms with Crippen molar-refractivity contribution in [2.75, 3.05) is 48.9 Å². The first-order chi connectivity index (χ1) is 30.8. The summed E-state index contributed by atoms with van der Waals surface area (Å²) in [6.45, 7) is 12.3. The molecule has 0 fully saturated rings. The number of amides is 4. The summed E-state index contributed by atoms with van der Waals surface area (Å²) in [5, 5.41) is 15.0. The standard InChI is InChI=1S/C51H61ClN6O6/c1-32(2)44(57-49(60)63-31-43-39-16-8-6-14-37(39)38-15-7-9-17-40(38)43)28-56-36(13-12-24-54-48(53)59)27-55-35-22-20-33(21-23-35)30-62-46-25-45-47(42-19-11-10-18-41(42)46)34(26-52)29-58(45)50(61)64-51(3,4)5/h6-11,14-23,25,32,34,36,43-44,55-56H,12-13,24,26-31H2,1-5H3,(H,57,60)(H3,53,54,59)/t34-,36+,44-/m1/s1. The molecule has 0 saturated heterocycles. The number of benzene rings is 5. The quantitative estimate of drug-likeness (QED) is 0.0430. The SMILES string of the molecule is CC(C)[C@@H](CN[C@@H](CCCNC(N)=O)CNc1ccc(COc2cc3c(c4ccccc24)[C@H](CCl)CN3C(=O)OC(C)(C)C)cc1)NC(=O)OCC1c2ccccc2-c2ccccc21. The van der Waals surface area contributed by atoms with E-state index in [0.717, 1.165) is 39.7 Å². The molecule has 0 radical (unpaired) electrons. The predicted molar refractivity (Wildman–Crippen MR) is 256 cm³/mol. The van der Waals surface area contributed by atoms with Crippen molar-refractivity contribution in [2.24, 2.45) is 11.7 Å². The Hall–Kier alpha value is -5.98. The van der Waals surface area contributed by atoms with Gasteiger partial charge in [0.25, 0.3) is 0 Å². The summed E-state index contributed by atoms with van der Waals surface area (Å²) < 4.78 is 18.1. The zero-order valence-electron chi connectivity index (χ0n) is 37.4. The highest BCUT2D eigenvalue weighted by Crippen LogP contribution is 2.47. The largest absolute Gasteiger partial charge is 0.488 e. The van der Waals surface area contributed by atoms with Crippen LogP contribution in [0.15, 0.2) is 103 Å². The van der Waals surface area contributed by atoms with Gasteiger partial charge in [-0.05, 0) is 90.4 Å². The van der Waals surface area contributed by atoms with Gasteiger partial charge in [-0.15, -0.1) is 11.6 Å². The Balaban J connectivity index is 0.958. The van der Waals surface area contributed by atoms with Crippen molar-refractivity contribution in [3.63, 3.8) is 0 Å². The number of carbonyl (C=O) groups excluding carboxylic acids is 3. The lowest BCUT2D eigenvalue weighted by Crippen LogP contribution is -2.49. The van der Waals surface area contributed by atoms with Gasteiger partial charge in [-0.3, -0.25) is 4.90 Å². The molecule has 0 aromatic heterocycles. The summed E-state index contributed by atoms with van der Waals surface area (Å²) in [6.07, 6.45) is 0.611. The molecular weight excluding hydrogens is 828 g/mol. The van der Waals surface area contributed by atoms with Crippen LogP contribution in [0.4, 0.5) is 25.8 Å². The van der Waals surface area contributed by atoms with Crippen molar-refractivity contribution < 1.29 is 28.6 Å². The molecule has 1 heterocycles. The van der Waals surface area contributed by atoms with Gasteiger partial charge in [0.05, 0.1) is 5.69 Å². The fourth-order valence-corrected chi connectivity index (χ4v) is 8.90. The maximum atomic E-state index is 13.3. The van der Waals surface area contributed by atoms with Gasteiger partial charge in [-0.25, -0.2) is 14.4 Å². The van der Waals surface area contributed by atoms with E-state index in [0.29, 0.717) is 50.8 Å². The number of urea groups is 1. The highest BCUT2D eigenvalue weighted by Gasteiger charge is 2.37. The van der Waals surface area contributed by atoms with E-state index in [9.17, 15) is 14.4 Å². The van der Waals surface area contributed by atoms with Gasteiger partial charge in [0.2, 0.25) is 0 Å². The lowest BCUT2D eigenvalue weighted by atomic mass is 9.95. The van der Waals surface area contributed by atoms with E-state index in [4.69, 9.17) is 31.5 Å². The Bertz CT molecular complexity index is 2370. The molecule has 64 heavy (non-hydrogen) atoms. The minimum atomic E-state index is -0.640. The van der Waals surface area contributed by atoms with Gasteiger partial charge in [0.15, 0.2) is 0 Å².